The largest absolute Gasteiger partial charge is 0.264 e. The molecule has 30 heavy (non-hydrogen) atoms. The van der Waals surface area contributed by atoms with E-state index in [4.69, 9.17) is 0 Å². The quantitative estimate of drug-likeness (QED) is 0.556. The zero-order chi connectivity index (χ0) is 21.9. The van der Waals surface area contributed by atoms with Gasteiger partial charge in [0, 0.05) is 18.9 Å². The Morgan fingerprint density at radius 2 is 1.63 bits per heavy atom. The Labute approximate surface area is 173 Å². The maximum atomic E-state index is 13.6. The predicted octanol–water partition coefficient (Wildman–Crippen LogP) is 3.16. The molecule has 1 atom stereocenters. The molecule has 0 saturated heterocycles. The standard InChI is InChI=1S/C20H18F2N2O4S2/c1-14-11-18(8-9-19(14)22)29(25,26)20(15-3-2-10-23-12-15)13-24-30(27,28)17-6-4-16(21)5-7-17/h2-12,20,24H,13H2,1H3/t20-/m0/s1. The van der Waals surface area contributed by atoms with Gasteiger partial charge in [-0.25, -0.2) is 30.3 Å². The number of benzene rings is 2. The minimum atomic E-state index is -4.10. The van der Waals surface area contributed by atoms with Crippen LogP contribution in [0.1, 0.15) is 16.4 Å². The fourth-order valence-corrected chi connectivity index (χ4v) is 5.69. The third-order valence-corrected chi connectivity index (χ3v) is 8.01. The number of nitrogens with zero attached hydrogens (tertiary/aromatic N) is 1. The van der Waals surface area contributed by atoms with Crippen LogP contribution in [0.2, 0.25) is 0 Å². The Balaban J connectivity index is 1.97. The van der Waals surface area contributed by atoms with Crippen molar-refractivity contribution in [2.24, 2.45) is 0 Å². The van der Waals surface area contributed by atoms with Crippen molar-refractivity contribution < 1.29 is 25.6 Å². The summed E-state index contributed by atoms with van der Waals surface area (Å²) in [5.41, 5.74) is 0.411. The first-order valence-electron chi connectivity index (χ1n) is 8.76. The Morgan fingerprint density at radius 1 is 0.967 bits per heavy atom. The summed E-state index contributed by atoms with van der Waals surface area (Å²) in [6.07, 6.45) is 2.78. The summed E-state index contributed by atoms with van der Waals surface area (Å²) in [6.45, 7) is 0.939. The van der Waals surface area contributed by atoms with Gasteiger partial charge in [-0.1, -0.05) is 6.07 Å². The van der Waals surface area contributed by atoms with Crippen molar-refractivity contribution in [3.63, 3.8) is 0 Å². The van der Waals surface area contributed by atoms with Gasteiger partial charge in [-0.2, -0.15) is 0 Å². The molecule has 0 saturated carbocycles. The van der Waals surface area contributed by atoms with Gasteiger partial charge in [0.05, 0.1) is 9.79 Å². The van der Waals surface area contributed by atoms with Crippen molar-refractivity contribution in [3.05, 3.63) is 89.8 Å². The molecule has 10 heteroatoms. The summed E-state index contributed by atoms with van der Waals surface area (Å²) in [5.74, 6) is -1.15. The highest BCUT2D eigenvalue weighted by atomic mass is 32.2. The van der Waals surface area contributed by atoms with Crippen molar-refractivity contribution >= 4 is 19.9 Å². The van der Waals surface area contributed by atoms with E-state index in [2.05, 4.69) is 9.71 Å². The van der Waals surface area contributed by atoms with Crippen molar-refractivity contribution in [1.82, 2.24) is 9.71 Å². The molecule has 1 heterocycles. The normalized spacial score (nSPS) is 13.2. The number of aryl methyl sites for hydroxylation is 1. The molecule has 158 valence electrons. The summed E-state index contributed by atoms with van der Waals surface area (Å²) < 4.78 is 80.6. The number of hydrogen-bond acceptors (Lipinski definition) is 5. The molecule has 0 bridgehead atoms. The molecule has 0 aliphatic rings. The average Bonchev–Trinajstić information content (AvgIpc) is 2.71. The number of sulfonamides is 1. The molecule has 3 rings (SSSR count). The first-order chi connectivity index (χ1) is 14.1. The second-order valence-electron chi connectivity index (χ2n) is 6.54. The Bertz CT molecular complexity index is 1250. The molecule has 0 unspecified atom stereocenters. The zero-order valence-electron chi connectivity index (χ0n) is 15.8. The fourth-order valence-electron chi connectivity index (χ4n) is 2.81. The van der Waals surface area contributed by atoms with Crippen LogP contribution in [-0.2, 0) is 19.9 Å². The van der Waals surface area contributed by atoms with E-state index in [1.807, 2.05) is 0 Å². The lowest BCUT2D eigenvalue weighted by molar-refractivity contribution is 0.567. The highest BCUT2D eigenvalue weighted by molar-refractivity contribution is 7.92. The monoisotopic (exact) mass is 452 g/mol. The lowest BCUT2D eigenvalue weighted by Gasteiger charge is -2.19. The summed E-state index contributed by atoms with van der Waals surface area (Å²) >= 11 is 0. The van der Waals surface area contributed by atoms with Crippen LogP contribution in [-0.4, -0.2) is 28.4 Å². The van der Waals surface area contributed by atoms with Crippen LogP contribution in [0.4, 0.5) is 8.78 Å². The molecule has 1 aromatic heterocycles. The Kier molecular flexibility index (Phi) is 6.30. The second kappa shape index (κ2) is 8.58. The number of halogens is 2. The van der Waals surface area contributed by atoms with Crippen LogP contribution >= 0.6 is 0 Å². The van der Waals surface area contributed by atoms with Crippen LogP contribution in [0.25, 0.3) is 0 Å². The van der Waals surface area contributed by atoms with Crippen molar-refractivity contribution in [1.29, 1.82) is 0 Å². The SMILES string of the molecule is Cc1cc(S(=O)(=O)[C@@H](CNS(=O)(=O)c2ccc(F)cc2)c2cccnc2)ccc1F. The van der Waals surface area contributed by atoms with Crippen LogP contribution < -0.4 is 4.72 Å². The van der Waals surface area contributed by atoms with Crippen LogP contribution in [0.3, 0.4) is 0 Å². The van der Waals surface area contributed by atoms with E-state index >= 15 is 0 Å². The van der Waals surface area contributed by atoms with E-state index in [1.165, 1.54) is 37.5 Å². The van der Waals surface area contributed by atoms with Gasteiger partial charge in [-0.3, -0.25) is 4.98 Å². The van der Waals surface area contributed by atoms with Crippen LogP contribution in [0.15, 0.2) is 76.8 Å². The number of aromatic nitrogens is 1. The van der Waals surface area contributed by atoms with Crippen LogP contribution in [0.5, 0.6) is 0 Å². The number of sulfone groups is 1. The maximum absolute atomic E-state index is 13.6. The van der Waals surface area contributed by atoms with E-state index in [1.54, 1.807) is 0 Å². The molecule has 0 amide bonds. The summed E-state index contributed by atoms with van der Waals surface area (Å²) in [6, 6.07) is 10.6. The van der Waals surface area contributed by atoms with Gasteiger partial charge in [0.25, 0.3) is 0 Å². The smallest absolute Gasteiger partial charge is 0.240 e. The topological polar surface area (TPSA) is 93.2 Å². The maximum Gasteiger partial charge on any atom is 0.240 e. The summed E-state index contributed by atoms with van der Waals surface area (Å²) in [7, 11) is -8.20. The molecule has 0 fully saturated rings. The van der Waals surface area contributed by atoms with Gasteiger partial charge in [-0.05, 0) is 66.6 Å². The molecular formula is C20H18F2N2O4S2. The van der Waals surface area contributed by atoms with E-state index in [0.717, 1.165) is 36.4 Å². The van der Waals surface area contributed by atoms with Crippen molar-refractivity contribution in [2.45, 2.75) is 22.0 Å². The first-order valence-corrected chi connectivity index (χ1v) is 11.8. The first kappa shape index (κ1) is 22.0. The molecule has 6 nitrogen and oxygen atoms in total. The van der Waals surface area contributed by atoms with E-state index < -0.39 is 43.3 Å². The number of nitrogens with one attached hydrogen (secondary N) is 1. The average molecular weight is 453 g/mol. The lowest BCUT2D eigenvalue weighted by atomic mass is 10.2. The molecule has 0 radical (unpaired) electrons. The van der Waals surface area contributed by atoms with Gasteiger partial charge >= 0.3 is 0 Å². The van der Waals surface area contributed by atoms with Crippen LogP contribution in [0, 0.1) is 18.6 Å². The Hall–Kier alpha value is -2.69. The Morgan fingerprint density at radius 3 is 2.23 bits per heavy atom. The van der Waals surface area contributed by atoms with Gasteiger partial charge in [-0.15, -0.1) is 0 Å². The fraction of sp³-hybridized carbons (Fsp3) is 0.150. The minimum absolute atomic E-state index is 0.142. The molecule has 3 aromatic rings. The third kappa shape index (κ3) is 4.72. The van der Waals surface area contributed by atoms with Gasteiger partial charge < -0.3 is 0 Å². The lowest BCUT2D eigenvalue weighted by Crippen LogP contribution is -2.32. The summed E-state index contributed by atoms with van der Waals surface area (Å²) in [5, 5.41) is -1.31. The van der Waals surface area contributed by atoms with E-state index in [9.17, 15) is 25.6 Å². The number of pyridine rings is 1. The predicted molar refractivity (Wildman–Crippen MR) is 107 cm³/mol. The highest BCUT2D eigenvalue weighted by Crippen LogP contribution is 2.29. The van der Waals surface area contributed by atoms with Crippen molar-refractivity contribution in [2.75, 3.05) is 6.54 Å². The second-order valence-corrected chi connectivity index (χ2v) is 10.4. The molecule has 2 aromatic carbocycles. The highest BCUT2D eigenvalue weighted by Gasteiger charge is 2.31. The molecule has 0 spiro atoms. The number of hydrogen-bond donors (Lipinski definition) is 1. The third-order valence-electron chi connectivity index (χ3n) is 4.47. The van der Waals surface area contributed by atoms with E-state index in [-0.39, 0.29) is 20.9 Å². The van der Waals surface area contributed by atoms with Crippen molar-refractivity contribution in [3.8, 4) is 0 Å². The van der Waals surface area contributed by atoms with Gasteiger partial charge in [0.1, 0.15) is 16.9 Å². The van der Waals surface area contributed by atoms with E-state index in [0.29, 0.717) is 0 Å². The molecular weight excluding hydrogens is 434 g/mol. The van der Waals surface area contributed by atoms with Gasteiger partial charge in [0.2, 0.25) is 10.0 Å². The molecule has 0 aliphatic heterocycles. The molecule has 1 N–H and O–H groups in total. The molecule has 0 aliphatic carbocycles. The summed E-state index contributed by atoms with van der Waals surface area (Å²) in [4.78, 5) is 3.57. The minimum Gasteiger partial charge on any atom is -0.264 e. The zero-order valence-corrected chi connectivity index (χ0v) is 17.4. The van der Waals surface area contributed by atoms with Gasteiger partial charge in [0.15, 0.2) is 9.84 Å². The number of rotatable bonds is 7.